The molecule has 0 aliphatic carbocycles. The molecule has 20 heavy (non-hydrogen) atoms. The number of nitrogens with zero attached hydrogens (tertiary/aromatic N) is 1. The first kappa shape index (κ1) is 14.5. The molecule has 1 heterocycles. The topological polar surface area (TPSA) is 61.4 Å². The maximum Gasteiger partial charge on any atom is 0.228 e. The molecule has 1 aromatic carbocycles. The van der Waals surface area contributed by atoms with Crippen LogP contribution in [0.3, 0.4) is 0 Å². The largest absolute Gasteiger partial charge is 0.326 e. The summed E-state index contributed by atoms with van der Waals surface area (Å²) in [6.45, 7) is 3.32. The number of amides is 2. The highest BCUT2D eigenvalue weighted by Crippen LogP contribution is 2.19. The molecule has 0 unspecified atom stereocenters. The number of nitrogens with one attached hydrogen (secondary N) is 2. The number of hydrogen-bond donors (Lipinski definition) is 2. The number of anilines is 2. The molecule has 2 amide bonds. The SMILES string of the molecule is CC(=O)Nc1cccc(NC(=O)[C@@H]2CCCN(C)C2)c1. The maximum absolute atomic E-state index is 12.2. The van der Waals surface area contributed by atoms with Gasteiger partial charge in [-0.1, -0.05) is 6.07 Å². The normalized spacial score (nSPS) is 19.4. The van der Waals surface area contributed by atoms with Crippen LogP contribution in [0.2, 0.25) is 0 Å². The Labute approximate surface area is 119 Å². The number of benzene rings is 1. The summed E-state index contributed by atoms with van der Waals surface area (Å²) >= 11 is 0. The van der Waals surface area contributed by atoms with Crippen LogP contribution in [0, 0.1) is 5.92 Å². The monoisotopic (exact) mass is 275 g/mol. The summed E-state index contributed by atoms with van der Waals surface area (Å²) in [5.41, 5.74) is 1.41. The first-order valence-corrected chi connectivity index (χ1v) is 6.91. The standard InChI is InChI=1S/C15H21N3O2/c1-11(19)16-13-6-3-7-14(9-13)17-15(20)12-5-4-8-18(2)10-12/h3,6-7,9,12H,4-5,8,10H2,1-2H3,(H,16,19)(H,17,20)/t12-/m1/s1. The number of hydrogen-bond acceptors (Lipinski definition) is 3. The molecule has 0 saturated carbocycles. The molecule has 5 nitrogen and oxygen atoms in total. The highest BCUT2D eigenvalue weighted by Gasteiger charge is 2.23. The third-order valence-corrected chi connectivity index (χ3v) is 3.45. The van der Waals surface area contributed by atoms with E-state index < -0.39 is 0 Å². The quantitative estimate of drug-likeness (QED) is 0.886. The molecule has 2 N–H and O–H groups in total. The Balaban J connectivity index is 1.98. The Bertz CT molecular complexity index is 502. The van der Waals surface area contributed by atoms with E-state index in [1.54, 1.807) is 12.1 Å². The predicted octanol–water partition coefficient (Wildman–Crippen LogP) is 1.93. The van der Waals surface area contributed by atoms with Gasteiger partial charge in [-0.15, -0.1) is 0 Å². The van der Waals surface area contributed by atoms with E-state index in [4.69, 9.17) is 0 Å². The zero-order chi connectivity index (χ0) is 14.5. The first-order chi connectivity index (χ1) is 9.54. The number of carbonyl (C=O) groups is 2. The molecule has 108 valence electrons. The molecule has 1 aliphatic rings. The van der Waals surface area contributed by atoms with Gasteiger partial charge in [-0.05, 0) is 44.6 Å². The summed E-state index contributed by atoms with van der Waals surface area (Å²) in [6, 6.07) is 7.21. The molecule has 1 atom stereocenters. The minimum absolute atomic E-state index is 0.0400. The number of carbonyl (C=O) groups excluding carboxylic acids is 2. The lowest BCUT2D eigenvalue weighted by molar-refractivity contribution is -0.121. The maximum atomic E-state index is 12.2. The molecule has 0 bridgehead atoms. The van der Waals surface area contributed by atoms with Gasteiger partial charge in [0.1, 0.15) is 0 Å². The molecule has 0 aromatic heterocycles. The Morgan fingerprint density at radius 1 is 1.25 bits per heavy atom. The number of likely N-dealkylation sites (tertiary alicyclic amines) is 1. The van der Waals surface area contributed by atoms with Crippen LogP contribution in [0.15, 0.2) is 24.3 Å². The van der Waals surface area contributed by atoms with E-state index in [-0.39, 0.29) is 17.7 Å². The number of piperidine rings is 1. The van der Waals surface area contributed by atoms with Crippen molar-refractivity contribution >= 4 is 23.2 Å². The average molecular weight is 275 g/mol. The second-order valence-corrected chi connectivity index (χ2v) is 5.35. The van der Waals surface area contributed by atoms with E-state index in [9.17, 15) is 9.59 Å². The lowest BCUT2D eigenvalue weighted by Crippen LogP contribution is -2.38. The van der Waals surface area contributed by atoms with Crippen LogP contribution in [0.1, 0.15) is 19.8 Å². The van der Waals surface area contributed by atoms with Crippen LogP contribution in [-0.2, 0) is 9.59 Å². The van der Waals surface area contributed by atoms with E-state index in [0.717, 1.165) is 31.6 Å². The van der Waals surface area contributed by atoms with Crippen molar-refractivity contribution in [3.05, 3.63) is 24.3 Å². The van der Waals surface area contributed by atoms with Crippen LogP contribution >= 0.6 is 0 Å². The fourth-order valence-corrected chi connectivity index (χ4v) is 2.50. The van der Waals surface area contributed by atoms with Gasteiger partial charge in [0.25, 0.3) is 0 Å². The average Bonchev–Trinajstić information content (AvgIpc) is 2.38. The third-order valence-electron chi connectivity index (χ3n) is 3.45. The molecule has 1 saturated heterocycles. The highest BCUT2D eigenvalue weighted by atomic mass is 16.2. The van der Waals surface area contributed by atoms with Gasteiger partial charge < -0.3 is 15.5 Å². The smallest absolute Gasteiger partial charge is 0.228 e. The van der Waals surface area contributed by atoms with E-state index in [0.29, 0.717) is 5.69 Å². The van der Waals surface area contributed by atoms with Crippen molar-refractivity contribution in [3.63, 3.8) is 0 Å². The summed E-state index contributed by atoms with van der Waals surface area (Å²) in [5, 5.41) is 5.64. The molecule has 5 heteroatoms. The summed E-state index contributed by atoms with van der Waals surface area (Å²) in [6.07, 6.45) is 1.99. The van der Waals surface area contributed by atoms with Gasteiger partial charge in [0.2, 0.25) is 11.8 Å². The summed E-state index contributed by atoms with van der Waals surface area (Å²) in [7, 11) is 2.04. The Morgan fingerprint density at radius 2 is 1.95 bits per heavy atom. The Hall–Kier alpha value is -1.88. The summed E-state index contributed by atoms with van der Waals surface area (Å²) in [4.78, 5) is 25.4. The molecule has 1 aliphatic heterocycles. The molecule has 1 aromatic rings. The van der Waals surface area contributed by atoms with Gasteiger partial charge in [0.15, 0.2) is 0 Å². The Kier molecular flexibility index (Phi) is 4.74. The number of rotatable bonds is 3. The van der Waals surface area contributed by atoms with Gasteiger partial charge >= 0.3 is 0 Å². The zero-order valence-corrected chi connectivity index (χ0v) is 12.0. The van der Waals surface area contributed by atoms with Crippen LogP contribution in [0.4, 0.5) is 11.4 Å². The van der Waals surface area contributed by atoms with E-state index in [1.807, 2.05) is 19.2 Å². The van der Waals surface area contributed by atoms with Crippen molar-refractivity contribution in [2.45, 2.75) is 19.8 Å². The molecular weight excluding hydrogens is 254 g/mol. The van der Waals surface area contributed by atoms with Crippen molar-refractivity contribution in [2.24, 2.45) is 5.92 Å². The third kappa shape index (κ3) is 4.06. The van der Waals surface area contributed by atoms with Crippen LogP contribution in [-0.4, -0.2) is 36.9 Å². The minimum atomic E-state index is -0.123. The predicted molar refractivity (Wildman–Crippen MR) is 79.6 cm³/mol. The van der Waals surface area contributed by atoms with Gasteiger partial charge in [-0.25, -0.2) is 0 Å². The van der Waals surface area contributed by atoms with Crippen molar-refractivity contribution in [3.8, 4) is 0 Å². The Morgan fingerprint density at radius 3 is 2.60 bits per heavy atom. The van der Waals surface area contributed by atoms with Gasteiger partial charge in [0.05, 0.1) is 5.92 Å². The van der Waals surface area contributed by atoms with Crippen molar-refractivity contribution in [1.29, 1.82) is 0 Å². The van der Waals surface area contributed by atoms with Crippen LogP contribution in [0.25, 0.3) is 0 Å². The van der Waals surface area contributed by atoms with Gasteiger partial charge in [-0.2, -0.15) is 0 Å². The minimum Gasteiger partial charge on any atom is -0.326 e. The lowest BCUT2D eigenvalue weighted by Gasteiger charge is -2.28. The zero-order valence-electron chi connectivity index (χ0n) is 12.0. The molecule has 0 spiro atoms. The first-order valence-electron chi connectivity index (χ1n) is 6.91. The summed E-state index contributed by atoms with van der Waals surface area (Å²) in [5.74, 6) is -0.0305. The lowest BCUT2D eigenvalue weighted by atomic mass is 9.97. The molecular formula is C15H21N3O2. The van der Waals surface area contributed by atoms with Crippen molar-refractivity contribution in [2.75, 3.05) is 30.8 Å². The van der Waals surface area contributed by atoms with Crippen molar-refractivity contribution < 1.29 is 9.59 Å². The summed E-state index contributed by atoms with van der Waals surface area (Å²) < 4.78 is 0. The van der Waals surface area contributed by atoms with Crippen LogP contribution < -0.4 is 10.6 Å². The second kappa shape index (κ2) is 6.52. The fourth-order valence-electron chi connectivity index (χ4n) is 2.50. The van der Waals surface area contributed by atoms with E-state index in [1.165, 1.54) is 6.92 Å². The van der Waals surface area contributed by atoms with E-state index in [2.05, 4.69) is 15.5 Å². The van der Waals surface area contributed by atoms with Crippen molar-refractivity contribution in [1.82, 2.24) is 4.90 Å². The van der Waals surface area contributed by atoms with Gasteiger partial charge in [0, 0.05) is 24.8 Å². The second-order valence-electron chi connectivity index (χ2n) is 5.35. The molecule has 1 fully saturated rings. The van der Waals surface area contributed by atoms with Gasteiger partial charge in [-0.3, -0.25) is 9.59 Å². The highest BCUT2D eigenvalue weighted by molar-refractivity contribution is 5.94. The van der Waals surface area contributed by atoms with Crippen LogP contribution in [0.5, 0.6) is 0 Å². The van der Waals surface area contributed by atoms with E-state index >= 15 is 0 Å². The molecule has 0 radical (unpaired) electrons. The fraction of sp³-hybridized carbons (Fsp3) is 0.467. The molecule has 2 rings (SSSR count).